The summed E-state index contributed by atoms with van der Waals surface area (Å²) in [6, 6.07) is 15.3. The molecule has 2 rings (SSSR count). The molecule has 27 heavy (non-hydrogen) atoms. The zero-order valence-electron chi connectivity index (χ0n) is 16.0. The average molecular weight is 409 g/mol. The smallest absolute Gasteiger partial charge is 0.442 e. The molecule has 146 valence electrons. The highest BCUT2D eigenvalue weighted by atomic mass is 32.2. The Kier molecular flexibility index (Phi) is 6.11. The molecule has 1 amide bonds. The summed E-state index contributed by atoms with van der Waals surface area (Å²) in [4.78, 5) is 12.8. The maximum Gasteiger partial charge on any atom is 0.442 e. The third-order valence-corrected chi connectivity index (χ3v) is 6.73. The first-order valence-electron chi connectivity index (χ1n) is 8.21. The van der Waals surface area contributed by atoms with Crippen molar-refractivity contribution in [1.82, 2.24) is 0 Å². The van der Waals surface area contributed by atoms with Crippen molar-refractivity contribution in [3.63, 3.8) is 0 Å². The Hall–Kier alpha value is -2.19. The summed E-state index contributed by atoms with van der Waals surface area (Å²) in [5.41, 5.74) is -0.222. The number of hydrogen-bond acceptors (Lipinski definition) is 5. The Morgan fingerprint density at radius 2 is 1.37 bits per heavy atom. The Balaban J connectivity index is 2.32. The Morgan fingerprint density at radius 3 is 1.89 bits per heavy atom. The lowest BCUT2D eigenvalue weighted by Crippen LogP contribution is -2.22. The van der Waals surface area contributed by atoms with Gasteiger partial charge < -0.3 is 4.74 Å². The van der Waals surface area contributed by atoms with Crippen LogP contribution in [0.25, 0.3) is 0 Å². The molecule has 6 nitrogen and oxygen atoms in total. The molecule has 2 atom stereocenters. The van der Waals surface area contributed by atoms with Crippen LogP contribution in [0.3, 0.4) is 0 Å². The van der Waals surface area contributed by atoms with E-state index in [4.69, 9.17) is 4.74 Å². The Labute approximate surface area is 161 Å². The van der Waals surface area contributed by atoms with E-state index >= 15 is 0 Å². The highest BCUT2D eigenvalue weighted by Gasteiger charge is 2.18. The van der Waals surface area contributed by atoms with Crippen molar-refractivity contribution in [3.8, 4) is 0 Å². The van der Waals surface area contributed by atoms with Gasteiger partial charge in [0, 0.05) is 22.3 Å². The summed E-state index contributed by atoms with van der Waals surface area (Å²) in [7, 11) is -5.55. The summed E-state index contributed by atoms with van der Waals surface area (Å²) in [5, 5.41) is 0. The monoisotopic (exact) mass is 408 g/mol. The van der Waals surface area contributed by atoms with Gasteiger partial charge in [-0.2, -0.15) is 4.36 Å². The molecule has 0 bridgehead atoms. The van der Waals surface area contributed by atoms with E-state index in [0.717, 1.165) is 0 Å². The standard InChI is InChI=1S/C19H24N2O4S2/c1-19(2,3)25-18(22)21-27(5,24)17-13-11-15(12-14-17)20-26(4,23)16-9-7-6-8-10-16/h6-14H,1-5H3. The number of carbonyl (C=O) groups is 1. The molecule has 2 aromatic carbocycles. The lowest BCUT2D eigenvalue weighted by molar-refractivity contribution is 0.0607. The molecule has 0 saturated heterocycles. The number of amides is 1. The van der Waals surface area contributed by atoms with Gasteiger partial charge in [-0.3, -0.25) is 0 Å². The van der Waals surface area contributed by atoms with Crippen molar-refractivity contribution >= 4 is 31.2 Å². The second-order valence-corrected chi connectivity index (χ2v) is 11.6. The molecular weight excluding hydrogens is 384 g/mol. The summed E-state index contributed by atoms with van der Waals surface area (Å²) in [6.45, 7) is 5.13. The molecule has 0 fully saturated rings. The zero-order valence-corrected chi connectivity index (χ0v) is 17.7. The topological polar surface area (TPSA) is 85.2 Å². The molecule has 0 spiro atoms. The van der Waals surface area contributed by atoms with Gasteiger partial charge in [-0.15, -0.1) is 4.36 Å². The second-order valence-electron chi connectivity index (χ2n) is 7.07. The van der Waals surface area contributed by atoms with Gasteiger partial charge in [0.2, 0.25) is 0 Å². The largest absolute Gasteiger partial charge is 0.442 e. The highest BCUT2D eigenvalue weighted by molar-refractivity contribution is 7.93. The normalized spacial score (nSPS) is 15.9. The summed E-state index contributed by atoms with van der Waals surface area (Å²) in [6.07, 6.45) is 2.07. The fraction of sp³-hybridized carbons (Fsp3) is 0.316. The van der Waals surface area contributed by atoms with Gasteiger partial charge in [-0.25, -0.2) is 13.2 Å². The van der Waals surface area contributed by atoms with Gasteiger partial charge >= 0.3 is 6.09 Å². The minimum atomic E-state index is -2.96. The van der Waals surface area contributed by atoms with Gasteiger partial charge in [-0.1, -0.05) is 18.2 Å². The molecule has 0 aliphatic rings. The van der Waals surface area contributed by atoms with Crippen LogP contribution in [0.1, 0.15) is 20.8 Å². The van der Waals surface area contributed by atoms with Crippen LogP contribution in [0.4, 0.5) is 10.5 Å². The first-order chi connectivity index (χ1) is 12.4. The summed E-state index contributed by atoms with van der Waals surface area (Å²) < 4.78 is 38.7. The van der Waals surface area contributed by atoms with E-state index in [1.54, 1.807) is 63.4 Å². The first kappa shape index (κ1) is 21.1. The Morgan fingerprint density at radius 1 is 0.852 bits per heavy atom. The van der Waals surface area contributed by atoms with E-state index < -0.39 is 31.2 Å². The number of benzene rings is 2. The van der Waals surface area contributed by atoms with Crippen molar-refractivity contribution in [3.05, 3.63) is 54.6 Å². The van der Waals surface area contributed by atoms with Gasteiger partial charge in [-0.05, 0) is 57.2 Å². The number of rotatable bonds is 3. The lowest BCUT2D eigenvalue weighted by Gasteiger charge is -2.17. The summed E-state index contributed by atoms with van der Waals surface area (Å²) in [5.74, 6) is 0. The van der Waals surface area contributed by atoms with Crippen LogP contribution < -0.4 is 0 Å². The fourth-order valence-electron chi connectivity index (χ4n) is 2.16. The number of carbonyl (C=O) groups excluding carboxylic acids is 1. The molecule has 0 N–H and O–H groups in total. The van der Waals surface area contributed by atoms with Crippen LogP contribution in [0, 0.1) is 0 Å². The van der Waals surface area contributed by atoms with Crippen molar-refractivity contribution in [2.45, 2.75) is 36.2 Å². The van der Waals surface area contributed by atoms with Crippen LogP contribution in [-0.4, -0.2) is 32.6 Å². The fourth-order valence-corrected chi connectivity index (χ4v) is 4.52. The van der Waals surface area contributed by atoms with Crippen LogP contribution >= 0.6 is 0 Å². The quantitative estimate of drug-likeness (QED) is 0.725. The lowest BCUT2D eigenvalue weighted by atomic mass is 10.2. The highest BCUT2D eigenvalue weighted by Crippen LogP contribution is 2.22. The molecule has 0 aromatic heterocycles. The molecule has 0 saturated carbocycles. The average Bonchev–Trinajstić information content (AvgIpc) is 2.53. The molecule has 0 radical (unpaired) electrons. The SMILES string of the molecule is CC(C)(C)OC(=O)N=S(C)(=O)c1ccc(N=S(C)(=O)c2ccccc2)cc1. The van der Waals surface area contributed by atoms with Gasteiger partial charge in [0.15, 0.2) is 0 Å². The Bertz CT molecular complexity index is 1050. The van der Waals surface area contributed by atoms with Crippen LogP contribution in [-0.2, 0) is 24.2 Å². The molecule has 0 heterocycles. The molecule has 2 unspecified atom stereocenters. The first-order valence-corrected chi connectivity index (χ1v) is 12.1. The van der Waals surface area contributed by atoms with Crippen LogP contribution in [0.15, 0.2) is 73.1 Å². The minimum absolute atomic E-state index is 0.370. The van der Waals surface area contributed by atoms with E-state index in [0.29, 0.717) is 15.5 Å². The van der Waals surface area contributed by atoms with Gasteiger partial charge in [0.25, 0.3) is 0 Å². The third-order valence-electron chi connectivity index (χ3n) is 3.38. The minimum Gasteiger partial charge on any atom is -0.442 e. The molecule has 8 heteroatoms. The van der Waals surface area contributed by atoms with Gasteiger partial charge in [0.1, 0.15) is 5.60 Å². The molecular formula is C19H24N2O4S2. The number of hydrogen-bond donors (Lipinski definition) is 0. The van der Waals surface area contributed by atoms with Crippen molar-refractivity contribution in [2.75, 3.05) is 12.5 Å². The predicted octanol–water partition coefficient (Wildman–Crippen LogP) is 4.87. The predicted molar refractivity (Wildman–Crippen MR) is 108 cm³/mol. The van der Waals surface area contributed by atoms with Crippen molar-refractivity contribution in [1.29, 1.82) is 0 Å². The van der Waals surface area contributed by atoms with Gasteiger partial charge in [0.05, 0.1) is 25.1 Å². The van der Waals surface area contributed by atoms with Crippen molar-refractivity contribution in [2.24, 2.45) is 8.73 Å². The van der Waals surface area contributed by atoms with Crippen LogP contribution in [0.2, 0.25) is 0 Å². The maximum absolute atomic E-state index is 12.8. The van der Waals surface area contributed by atoms with E-state index in [9.17, 15) is 13.2 Å². The number of ether oxygens (including phenoxy) is 1. The molecule has 0 aliphatic heterocycles. The van der Waals surface area contributed by atoms with Crippen molar-refractivity contribution < 1.29 is 17.9 Å². The van der Waals surface area contributed by atoms with E-state index in [1.165, 1.54) is 6.26 Å². The molecule has 2 aromatic rings. The van der Waals surface area contributed by atoms with E-state index in [-0.39, 0.29) is 0 Å². The van der Waals surface area contributed by atoms with E-state index in [1.807, 2.05) is 18.2 Å². The van der Waals surface area contributed by atoms with Crippen LogP contribution in [0.5, 0.6) is 0 Å². The number of nitrogens with zero attached hydrogens (tertiary/aromatic N) is 2. The molecule has 0 aliphatic carbocycles. The second kappa shape index (κ2) is 7.82. The third kappa shape index (κ3) is 6.18. The summed E-state index contributed by atoms with van der Waals surface area (Å²) >= 11 is 0. The maximum atomic E-state index is 12.8. The van der Waals surface area contributed by atoms with E-state index in [2.05, 4.69) is 8.73 Å². The zero-order chi connectivity index (χ0) is 20.3.